The normalized spacial score (nSPS) is 14.5. The number of rotatable bonds is 3. The average molecular weight is 343 g/mol. The van der Waals surface area contributed by atoms with E-state index in [1.807, 2.05) is 4.90 Å². The van der Waals surface area contributed by atoms with Crippen LogP contribution in [-0.2, 0) is 19.5 Å². The molecule has 5 nitrogen and oxygen atoms in total. The number of H-pyrrole nitrogens is 1. The Morgan fingerprint density at radius 3 is 2.72 bits per heavy atom. The molecule has 4 rings (SSSR count). The quantitative estimate of drug-likeness (QED) is 0.794. The van der Waals surface area contributed by atoms with Crippen LogP contribution < -0.4 is 5.56 Å². The van der Waals surface area contributed by atoms with Gasteiger partial charge in [-0.1, -0.05) is 6.07 Å². The summed E-state index contributed by atoms with van der Waals surface area (Å²) in [5.41, 5.74) is 0.983. The minimum absolute atomic E-state index is 0.0162. The van der Waals surface area contributed by atoms with Crippen molar-refractivity contribution in [2.75, 3.05) is 6.54 Å². The molecule has 25 heavy (non-hydrogen) atoms. The number of fused-ring (bicyclic) bond motifs is 1. The predicted molar refractivity (Wildman–Crippen MR) is 86.7 cm³/mol. The van der Waals surface area contributed by atoms with Crippen LogP contribution in [0.1, 0.15) is 16.8 Å². The molecule has 1 aliphatic rings. The van der Waals surface area contributed by atoms with Crippen LogP contribution in [0.25, 0.3) is 11.6 Å². The Morgan fingerprint density at radius 1 is 1.20 bits per heavy atom. The molecule has 1 aromatic carbocycles. The van der Waals surface area contributed by atoms with Crippen LogP contribution >= 0.6 is 0 Å². The molecule has 0 atom stereocenters. The van der Waals surface area contributed by atoms with Crippen molar-refractivity contribution in [1.29, 1.82) is 0 Å². The van der Waals surface area contributed by atoms with E-state index in [-0.39, 0.29) is 17.7 Å². The Hall–Kier alpha value is -2.80. The smallest absolute Gasteiger partial charge is 0.256 e. The molecule has 0 radical (unpaired) electrons. The topological polar surface area (TPSA) is 62.1 Å². The molecule has 0 bridgehead atoms. The molecular weight excluding hydrogens is 328 g/mol. The van der Waals surface area contributed by atoms with E-state index in [1.165, 1.54) is 24.5 Å². The van der Waals surface area contributed by atoms with Gasteiger partial charge in [0, 0.05) is 31.6 Å². The minimum Gasteiger partial charge on any atom is -0.461 e. The fraction of sp³-hybridized carbons (Fsp3) is 0.222. The maximum absolute atomic E-state index is 13.8. The fourth-order valence-corrected chi connectivity index (χ4v) is 3.05. The van der Waals surface area contributed by atoms with Crippen LogP contribution in [-0.4, -0.2) is 21.4 Å². The van der Waals surface area contributed by atoms with Gasteiger partial charge >= 0.3 is 0 Å². The summed E-state index contributed by atoms with van der Waals surface area (Å²) in [6, 6.07) is 7.26. The number of benzene rings is 1. The molecule has 0 saturated heterocycles. The Bertz CT molecular complexity index is 947. The van der Waals surface area contributed by atoms with Gasteiger partial charge in [0.15, 0.2) is 11.6 Å². The van der Waals surface area contributed by atoms with E-state index >= 15 is 0 Å². The molecule has 0 spiro atoms. The molecule has 2 aromatic heterocycles. The van der Waals surface area contributed by atoms with E-state index in [4.69, 9.17) is 4.42 Å². The van der Waals surface area contributed by atoms with Crippen molar-refractivity contribution in [3.05, 3.63) is 75.4 Å². The predicted octanol–water partition coefficient (Wildman–Crippen LogP) is 2.87. The van der Waals surface area contributed by atoms with E-state index in [9.17, 15) is 13.6 Å². The highest BCUT2D eigenvalue weighted by Crippen LogP contribution is 2.21. The third-order valence-electron chi connectivity index (χ3n) is 4.35. The summed E-state index contributed by atoms with van der Waals surface area (Å²) in [6.07, 6.45) is 2.04. The lowest BCUT2D eigenvalue weighted by molar-refractivity contribution is 0.235. The van der Waals surface area contributed by atoms with Crippen molar-refractivity contribution in [2.45, 2.75) is 19.5 Å². The second-order valence-electron chi connectivity index (χ2n) is 5.98. The standard InChI is InChI=1S/C18H15F2N3O2/c19-13-3-1-4-14(20)11(13)9-23-7-6-15-12(10-23)18(24)22-17(21-15)16-5-2-8-25-16/h1-5,8H,6-7,9-10H2,(H,21,22,24). The number of aromatic nitrogens is 2. The molecule has 0 amide bonds. The van der Waals surface area contributed by atoms with E-state index in [0.29, 0.717) is 42.4 Å². The highest BCUT2D eigenvalue weighted by Gasteiger charge is 2.23. The summed E-state index contributed by atoms with van der Waals surface area (Å²) >= 11 is 0. The van der Waals surface area contributed by atoms with Crippen LogP contribution in [0.15, 0.2) is 45.8 Å². The summed E-state index contributed by atoms with van der Waals surface area (Å²) in [4.78, 5) is 21.4. The molecule has 1 aliphatic heterocycles. The summed E-state index contributed by atoms with van der Waals surface area (Å²) in [5, 5.41) is 0. The monoisotopic (exact) mass is 343 g/mol. The van der Waals surface area contributed by atoms with Gasteiger partial charge in [-0.05, 0) is 24.3 Å². The third kappa shape index (κ3) is 2.98. The van der Waals surface area contributed by atoms with Gasteiger partial charge < -0.3 is 9.40 Å². The zero-order valence-electron chi connectivity index (χ0n) is 13.3. The van der Waals surface area contributed by atoms with Crippen molar-refractivity contribution in [1.82, 2.24) is 14.9 Å². The zero-order valence-corrected chi connectivity index (χ0v) is 13.3. The Balaban J connectivity index is 1.61. The van der Waals surface area contributed by atoms with Crippen molar-refractivity contribution in [2.24, 2.45) is 0 Å². The molecule has 3 heterocycles. The highest BCUT2D eigenvalue weighted by atomic mass is 19.1. The lowest BCUT2D eigenvalue weighted by Crippen LogP contribution is -2.35. The second-order valence-corrected chi connectivity index (χ2v) is 5.98. The first-order valence-electron chi connectivity index (χ1n) is 7.93. The van der Waals surface area contributed by atoms with E-state index in [1.54, 1.807) is 12.1 Å². The molecule has 128 valence electrons. The number of furan rings is 1. The summed E-state index contributed by atoms with van der Waals surface area (Å²) < 4.78 is 32.9. The van der Waals surface area contributed by atoms with E-state index < -0.39 is 11.6 Å². The van der Waals surface area contributed by atoms with E-state index in [0.717, 1.165) is 0 Å². The molecule has 0 aliphatic carbocycles. The van der Waals surface area contributed by atoms with Crippen molar-refractivity contribution in [3.8, 4) is 11.6 Å². The van der Waals surface area contributed by atoms with Crippen molar-refractivity contribution >= 4 is 0 Å². The number of aromatic amines is 1. The molecule has 0 unspecified atom stereocenters. The van der Waals surface area contributed by atoms with Crippen LogP contribution in [0, 0.1) is 11.6 Å². The number of hydrogen-bond donors (Lipinski definition) is 1. The second kappa shape index (κ2) is 6.25. The first kappa shape index (κ1) is 15.7. The Kier molecular flexibility index (Phi) is 3.93. The minimum atomic E-state index is -0.578. The van der Waals surface area contributed by atoms with Crippen molar-refractivity contribution in [3.63, 3.8) is 0 Å². The number of nitrogens with zero attached hydrogens (tertiary/aromatic N) is 2. The lowest BCUT2D eigenvalue weighted by atomic mass is 10.1. The van der Waals surface area contributed by atoms with Crippen LogP contribution in [0.3, 0.4) is 0 Å². The summed E-state index contributed by atoms with van der Waals surface area (Å²) in [5.74, 6) is -0.268. The molecule has 3 aromatic rings. The summed E-state index contributed by atoms with van der Waals surface area (Å²) in [6.45, 7) is 0.968. The largest absolute Gasteiger partial charge is 0.461 e. The first-order valence-corrected chi connectivity index (χ1v) is 7.93. The first-order chi connectivity index (χ1) is 12.1. The lowest BCUT2D eigenvalue weighted by Gasteiger charge is -2.27. The highest BCUT2D eigenvalue weighted by molar-refractivity contribution is 5.47. The number of halogens is 2. The molecule has 0 fully saturated rings. The molecule has 7 heteroatoms. The summed E-state index contributed by atoms with van der Waals surface area (Å²) in [7, 11) is 0. The number of hydrogen-bond acceptors (Lipinski definition) is 4. The van der Waals surface area contributed by atoms with Gasteiger partial charge in [-0.15, -0.1) is 0 Å². The Morgan fingerprint density at radius 2 is 2.00 bits per heavy atom. The van der Waals surface area contributed by atoms with Gasteiger partial charge in [0.25, 0.3) is 5.56 Å². The van der Waals surface area contributed by atoms with Crippen LogP contribution in [0.5, 0.6) is 0 Å². The van der Waals surface area contributed by atoms with Crippen LogP contribution in [0.2, 0.25) is 0 Å². The van der Waals surface area contributed by atoms with Gasteiger partial charge in [-0.25, -0.2) is 13.8 Å². The average Bonchev–Trinajstić information content (AvgIpc) is 3.13. The van der Waals surface area contributed by atoms with Gasteiger partial charge in [0.2, 0.25) is 0 Å². The van der Waals surface area contributed by atoms with Gasteiger partial charge in [0.05, 0.1) is 17.5 Å². The van der Waals surface area contributed by atoms with Gasteiger partial charge in [-0.2, -0.15) is 0 Å². The number of nitrogens with one attached hydrogen (secondary N) is 1. The zero-order chi connectivity index (χ0) is 17.4. The maximum Gasteiger partial charge on any atom is 0.256 e. The van der Waals surface area contributed by atoms with Crippen molar-refractivity contribution < 1.29 is 13.2 Å². The Labute approximate surface area is 141 Å². The molecular formula is C18H15F2N3O2. The van der Waals surface area contributed by atoms with Gasteiger partial charge in [0.1, 0.15) is 11.6 Å². The fourth-order valence-electron chi connectivity index (χ4n) is 3.05. The van der Waals surface area contributed by atoms with Crippen LogP contribution in [0.4, 0.5) is 8.78 Å². The molecule has 1 N–H and O–H groups in total. The van der Waals surface area contributed by atoms with E-state index in [2.05, 4.69) is 9.97 Å². The van der Waals surface area contributed by atoms with Gasteiger partial charge in [-0.3, -0.25) is 9.69 Å². The SMILES string of the molecule is O=c1[nH]c(-c2ccco2)nc2c1CN(Cc1c(F)cccc1F)CC2. The maximum atomic E-state index is 13.8. The third-order valence-corrected chi connectivity index (χ3v) is 4.35. The molecule has 0 saturated carbocycles.